The number of carbonyl (C=O) groups excluding carboxylic acids is 1. The van der Waals surface area contributed by atoms with Crippen LogP contribution in [0.1, 0.15) is 53.9 Å². The molecule has 0 radical (unpaired) electrons. The molecule has 21 heavy (non-hydrogen) atoms. The molecule has 124 valence electrons. The third-order valence-corrected chi connectivity index (χ3v) is 5.17. The second kappa shape index (κ2) is 9.58. The minimum atomic E-state index is 0.273. The third kappa shape index (κ3) is 6.07. The van der Waals surface area contributed by atoms with Gasteiger partial charge in [0.2, 0.25) is 0 Å². The van der Waals surface area contributed by atoms with Crippen molar-refractivity contribution in [2.75, 3.05) is 39.3 Å². The molecule has 1 rings (SSSR count). The van der Waals surface area contributed by atoms with Gasteiger partial charge in [-0.25, -0.2) is 0 Å². The highest BCUT2D eigenvalue weighted by Gasteiger charge is 2.33. The maximum Gasteiger partial charge on any atom is 0.137 e. The molecule has 0 heterocycles. The van der Waals surface area contributed by atoms with Crippen molar-refractivity contribution in [2.24, 2.45) is 17.8 Å². The smallest absolute Gasteiger partial charge is 0.137 e. The van der Waals surface area contributed by atoms with Crippen LogP contribution in [0.3, 0.4) is 0 Å². The maximum absolute atomic E-state index is 12.3. The average Bonchev–Trinajstić information content (AvgIpc) is 2.45. The molecule has 0 aromatic rings. The Kier molecular flexibility index (Phi) is 8.50. The Morgan fingerprint density at radius 3 is 2.10 bits per heavy atom. The van der Waals surface area contributed by atoms with E-state index in [4.69, 9.17) is 0 Å². The highest BCUT2D eigenvalue weighted by atomic mass is 16.1. The van der Waals surface area contributed by atoms with Crippen LogP contribution >= 0.6 is 0 Å². The van der Waals surface area contributed by atoms with Gasteiger partial charge in [0.15, 0.2) is 0 Å². The third-order valence-electron chi connectivity index (χ3n) is 5.17. The van der Waals surface area contributed by atoms with Gasteiger partial charge in [-0.2, -0.15) is 0 Å². The van der Waals surface area contributed by atoms with Crippen molar-refractivity contribution in [2.45, 2.75) is 53.9 Å². The molecule has 0 aromatic carbocycles. The normalized spacial score (nSPS) is 26.8. The lowest BCUT2D eigenvalue weighted by Crippen LogP contribution is -2.41. The molecule has 0 N–H and O–H groups in total. The van der Waals surface area contributed by atoms with E-state index in [0.29, 0.717) is 17.6 Å². The Morgan fingerprint density at radius 2 is 1.57 bits per heavy atom. The standard InChI is InChI=1S/C18H36N2O/c1-6-19(7-2)10-9-11-20(8-3)14-17-16(5)12-15(4)13-18(17)21/h15-17H,6-14H2,1-5H3. The SMILES string of the molecule is CCN(CC)CCCN(CC)CC1C(=O)CC(C)CC1C. The monoisotopic (exact) mass is 296 g/mol. The number of nitrogens with zero attached hydrogens (tertiary/aromatic N) is 2. The molecule has 0 spiro atoms. The van der Waals surface area contributed by atoms with E-state index in [1.807, 2.05) is 0 Å². The van der Waals surface area contributed by atoms with Gasteiger partial charge in [0.1, 0.15) is 5.78 Å². The second-order valence-corrected chi connectivity index (χ2v) is 6.87. The summed E-state index contributed by atoms with van der Waals surface area (Å²) < 4.78 is 0. The zero-order valence-electron chi connectivity index (χ0n) is 14.9. The van der Waals surface area contributed by atoms with Crippen molar-refractivity contribution in [3.63, 3.8) is 0 Å². The molecule has 1 fully saturated rings. The summed E-state index contributed by atoms with van der Waals surface area (Å²) >= 11 is 0. The number of hydrogen-bond acceptors (Lipinski definition) is 3. The number of hydrogen-bond donors (Lipinski definition) is 0. The van der Waals surface area contributed by atoms with Gasteiger partial charge >= 0.3 is 0 Å². The molecule has 3 unspecified atom stereocenters. The van der Waals surface area contributed by atoms with Gasteiger partial charge in [-0.1, -0.05) is 34.6 Å². The molecule has 0 bridgehead atoms. The predicted octanol–water partition coefficient (Wildman–Crippen LogP) is 3.29. The zero-order chi connectivity index (χ0) is 15.8. The van der Waals surface area contributed by atoms with E-state index < -0.39 is 0 Å². The van der Waals surface area contributed by atoms with Crippen LogP contribution in [0, 0.1) is 17.8 Å². The molecule has 3 heteroatoms. The topological polar surface area (TPSA) is 23.6 Å². The fourth-order valence-electron chi connectivity index (χ4n) is 3.69. The van der Waals surface area contributed by atoms with E-state index in [2.05, 4.69) is 44.4 Å². The Balaban J connectivity index is 2.40. The van der Waals surface area contributed by atoms with Crippen LogP contribution in [0.5, 0.6) is 0 Å². The van der Waals surface area contributed by atoms with Crippen LogP contribution in [0.2, 0.25) is 0 Å². The quantitative estimate of drug-likeness (QED) is 0.652. The molecular weight excluding hydrogens is 260 g/mol. The highest BCUT2D eigenvalue weighted by molar-refractivity contribution is 5.82. The molecule has 0 amide bonds. The first-order valence-corrected chi connectivity index (χ1v) is 8.99. The van der Waals surface area contributed by atoms with Gasteiger partial charge in [-0.3, -0.25) is 4.79 Å². The zero-order valence-corrected chi connectivity index (χ0v) is 14.9. The maximum atomic E-state index is 12.3. The molecule has 3 atom stereocenters. The van der Waals surface area contributed by atoms with Gasteiger partial charge in [0.25, 0.3) is 0 Å². The summed E-state index contributed by atoms with van der Waals surface area (Å²) in [6, 6.07) is 0. The summed E-state index contributed by atoms with van der Waals surface area (Å²) in [5, 5.41) is 0. The van der Waals surface area contributed by atoms with Crippen LogP contribution < -0.4 is 0 Å². The van der Waals surface area contributed by atoms with Crippen LogP contribution in [0.25, 0.3) is 0 Å². The summed E-state index contributed by atoms with van der Waals surface area (Å²) in [6.45, 7) is 17.8. The van der Waals surface area contributed by atoms with Gasteiger partial charge in [0, 0.05) is 18.9 Å². The lowest BCUT2D eigenvalue weighted by Gasteiger charge is -2.35. The first-order valence-electron chi connectivity index (χ1n) is 8.99. The van der Waals surface area contributed by atoms with Crippen molar-refractivity contribution in [1.29, 1.82) is 0 Å². The van der Waals surface area contributed by atoms with Crippen LogP contribution in [0.4, 0.5) is 0 Å². The summed E-state index contributed by atoms with van der Waals surface area (Å²) in [4.78, 5) is 17.3. The molecule has 1 saturated carbocycles. The van der Waals surface area contributed by atoms with Crippen molar-refractivity contribution in [1.82, 2.24) is 9.80 Å². The van der Waals surface area contributed by atoms with E-state index >= 15 is 0 Å². The van der Waals surface area contributed by atoms with Crippen molar-refractivity contribution in [3.8, 4) is 0 Å². The molecule has 0 aromatic heterocycles. The summed E-state index contributed by atoms with van der Waals surface area (Å²) in [5.74, 6) is 1.91. The largest absolute Gasteiger partial charge is 0.304 e. The minimum absolute atomic E-state index is 0.273. The summed E-state index contributed by atoms with van der Waals surface area (Å²) in [7, 11) is 0. The van der Waals surface area contributed by atoms with Gasteiger partial charge in [-0.05, 0) is 57.4 Å². The first-order chi connectivity index (χ1) is 10.0. The Morgan fingerprint density at radius 1 is 1.00 bits per heavy atom. The molecular formula is C18H36N2O. The molecule has 1 aliphatic rings. The van der Waals surface area contributed by atoms with E-state index in [9.17, 15) is 4.79 Å². The summed E-state index contributed by atoms with van der Waals surface area (Å²) in [6.07, 6.45) is 3.22. The van der Waals surface area contributed by atoms with Gasteiger partial charge in [-0.15, -0.1) is 0 Å². The van der Waals surface area contributed by atoms with Crippen molar-refractivity contribution in [3.05, 3.63) is 0 Å². The number of ketones is 1. The average molecular weight is 296 g/mol. The first kappa shape index (κ1) is 18.6. The number of carbonyl (C=O) groups is 1. The second-order valence-electron chi connectivity index (χ2n) is 6.87. The Hall–Kier alpha value is -0.410. The van der Waals surface area contributed by atoms with E-state index in [1.165, 1.54) is 19.4 Å². The lowest BCUT2D eigenvalue weighted by molar-refractivity contribution is -0.128. The van der Waals surface area contributed by atoms with Gasteiger partial charge in [0.05, 0.1) is 0 Å². The molecule has 0 aliphatic heterocycles. The van der Waals surface area contributed by atoms with Crippen molar-refractivity contribution >= 4 is 5.78 Å². The van der Waals surface area contributed by atoms with Gasteiger partial charge < -0.3 is 9.80 Å². The van der Waals surface area contributed by atoms with Crippen molar-refractivity contribution < 1.29 is 4.79 Å². The van der Waals surface area contributed by atoms with E-state index in [0.717, 1.165) is 39.1 Å². The Bertz CT molecular complexity index is 302. The number of Topliss-reactive ketones (excluding diaryl/α,β-unsaturated/α-hetero) is 1. The van der Waals surface area contributed by atoms with E-state index in [1.54, 1.807) is 0 Å². The molecule has 3 nitrogen and oxygen atoms in total. The fraction of sp³-hybridized carbons (Fsp3) is 0.944. The minimum Gasteiger partial charge on any atom is -0.304 e. The number of rotatable bonds is 9. The highest BCUT2D eigenvalue weighted by Crippen LogP contribution is 2.31. The van der Waals surface area contributed by atoms with E-state index in [-0.39, 0.29) is 5.92 Å². The molecule has 0 saturated heterocycles. The predicted molar refractivity (Wildman–Crippen MR) is 90.6 cm³/mol. The Labute approximate surface area is 132 Å². The summed E-state index contributed by atoms with van der Waals surface area (Å²) in [5.41, 5.74) is 0. The van der Waals surface area contributed by atoms with Crippen LogP contribution in [-0.2, 0) is 4.79 Å². The fourth-order valence-corrected chi connectivity index (χ4v) is 3.69. The molecule has 1 aliphatic carbocycles. The lowest BCUT2D eigenvalue weighted by atomic mass is 9.74. The van der Waals surface area contributed by atoms with Crippen LogP contribution in [-0.4, -0.2) is 54.9 Å². The van der Waals surface area contributed by atoms with Crippen LogP contribution in [0.15, 0.2) is 0 Å².